The molecule has 1 heterocycles. The summed E-state index contributed by atoms with van der Waals surface area (Å²) in [4.78, 5) is 5.18. The molecule has 1 saturated heterocycles. The number of aliphatic hydroxyl groups is 1. The van der Waals surface area contributed by atoms with Gasteiger partial charge in [-0.25, -0.2) is 0 Å². The largest absolute Gasteiger partial charge is 0.393 e. The zero-order valence-corrected chi connectivity index (χ0v) is 22.9. The normalized spacial score (nSPS) is 47.2. The molecule has 4 heteroatoms. The van der Waals surface area contributed by atoms with Crippen molar-refractivity contribution in [1.29, 1.82) is 0 Å². The molecule has 9 atom stereocenters. The van der Waals surface area contributed by atoms with Crippen LogP contribution in [0.2, 0.25) is 0 Å². The quantitative estimate of drug-likeness (QED) is 0.515. The topological polar surface area (TPSA) is 26.7 Å². The van der Waals surface area contributed by atoms with Gasteiger partial charge in [0, 0.05) is 26.2 Å². The van der Waals surface area contributed by atoms with Crippen LogP contribution >= 0.6 is 12.4 Å². The van der Waals surface area contributed by atoms with E-state index in [9.17, 15) is 5.11 Å². The number of fused-ring (bicyclic) bond motifs is 5. The molecule has 0 aromatic rings. The summed E-state index contributed by atoms with van der Waals surface area (Å²) in [7, 11) is 2.26. The standard InChI is InChI=1S/C29H52N2O.ClH/c1-21(6-5-15-31-18-16-30(4)17-19-31)25-9-10-26-24-8-7-22-20-23(32)11-13-28(22,2)27(24)12-14-29(25,26)3;/h21-27,32H,5-20H2,1-4H3;1H/t21-,22?,23?,24+,25-,26+,27+,28+,29-;/m1./s1. The van der Waals surface area contributed by atoms with Crippen LogP contribution in [0.5, 0.6) is 0 Å². The summed E-state index contributed by atoms with van der Waals surface area (Å²) in [6.07, 6.45) is 15.1. The lowest BCUT2D eigenvalue weighted by molar-refractivity contribution is -0.129. The van der Waals surface area contributed by atoms with Gasteiger partial charge in [-0.15, -0.1) is 12.4 Å². The van der Waals surface area contributed by atoms with Crippen molar-refractivity contribution >= 4 is 12.4 Å². The molecule has 5 fully saturated rings. The SMILES string of the molecule is C[C@H](CCCN1CCN(C)CC1)[C@H]1CC[C@H]2[C@@H]3CCC4CC(O)CC[C@]4(C)[C@H]3CC[C@]12C.Cl. The third kappa shape index (κ3) is 4.79. The molecule has 5 aliphatic rings. The van der Waals surface area contributed by atoms with E-state index in [1.807, 2.05) is 0 Å². The van der Waals surface area contributed by atoms with E-state index in [0.717, 1.165) is 48.3 Å². The molecule has 0 spiro atoms. The summed E-state index contributed by atoms with van der Waals surface area (Å²) in [6.45, 7) is 14.3. The number of hydrogen-bond acceptors (Lipinski definition) is 3. The highest BCUT2D eigenvalue weighted by Gasteiger charge is 2.60. The van der Waals surface area contributed by atoms with Gasteiger partial charge >= 0.3 is 0 Å². The maximum absolute atomic E-state index is 10.3. The van der Waals surface area contributed by atoms with E-state index in [0.29, 0.717) is 10.8 Å². The van der Waals surface area contributed by atoms with Crippen LogP contribution in [-0.4, -0.2) is 60.8 Å². The van der Waals surface area contributed by atoms with Crippen LogP contribution in [0.15, 0.2) is 0 Å². The van der Waals surface area contributed by atoms with Crippen LogP contribution in [0.3, 0.4) is 0 Å². The van der Waals surface area contributed by atoms with Gasteiger partial charge in [0.25, 0.3) is 0 Å². The van der Waals surface area contributed by atoms with Crippen LogP contribution in [0.4, 0.5) is 0 Å². The molecular weight excluding hydrogens is 428 g/mol. The third-order valence-electron chi connectivity index (χ3n) is 12.1. The van der Waals surface area contributed by atoms with Crippen molar-refractivity contribution in [3.8, 4) is 0 Å². The van der Waals surface area contributed by atoms with Crippen LogP contribution in [-0.2, 0) is 0 Å². The Labute approximate surface area is 210 Å². The molecule has 0 aromatic heterocycles. The van der Waals surface area contributed by atoms with E-state index in [2.05, 4.69) is 37.6 Å². The van der Waals surface area contributed by atoms with Gasteiger partial charge < -0.3 is 14.9 Å². The number of likely N-dealkylation sites (N-methyl/N-ethyl adjacent to an activating group) is 1. The fourth-order valence-corrected chi connectivity index (χ4v) is 10.1. The monoisotopic (exact) mass is 480 g/mol. The second kappa shape index (κ2) is 10.3. The van der Waals surface area contributed by atoms with Crippen molar-refractivity contribution in [2.75, 3.05) is 39.8 Å². The van der Waals surface area contributed by atoms with E-state index in [1.54, 1.807) is 0 Å². The molecule has 2 unspecified atom stereocenters. The van der Waals surface area contributed by atoms with Crippen LogP contribution < -0.4 is 0 Å². The van der Waals surface area contributed by atoms with E-state index >= 15 is 0 Å². The van der Waals surface area contributed by atoms with Gasteiger partial charge in [-0.05, 0) is 131 Å². The summed E-state index contributed by atoms with van der Waals surface area (Å²) in [5, 5.41) is 10.3. The molecule has 1 N–H and O–H groups in total. The van der Waals surface area contributed by atoms with Gasteiger partial charge in [0.1, 0.15) is 0 Å². The Balaban J connectivity index is 0.00000259. The first-order valence-electron chi connectivity index (χ1n) is 14.4. The first-order valence-corrected chi connectivity index (χ1v) is 14.4. The molecule has 192 valence electrons. The van der Waals surface area contributed by atoms with Crippen LogP contribution in [0.1, 0.15) is 91.4 Å². The molecule has 0 radical (unpaired) electrons. The Morgan fingerprint density at radius 2 is 1.58 bits per heavy atom. The maximum Gasteiger partial charge on any atom is 0.0543 e. The first-order chi connectivity index (χ1) is 15.3. The van der Waals surface area contributed by atoms with Gasteiger partial charge in [0.2, 0.25) is 0 Å². The lowest BCUT2D eigenvalue weighted by Gasteiger charge is -2.61. The molecule has 0 amide bonds. The molecule has 33 heavy (non-hydrogen) atoms. The van der Waals surface area contributed by atoms with Gasteiger partial charge in [-0.3, -0.25) is 0 Å². The Bertz CT molecular complexity index is 652. The number of piperazine rings is 1. The van der Waals surface area contributed by atoms with Crippen molar-refractivity contribution in [1.82, 2.24) is 9.80 Å². The molecule has 0 bridgehead atoms. The minimum Gasteiger partial charge on any atom is -0.393 e. The van der Waals surface area contributed by atoms with E-state index in [4.69, 9.17) is 0 Å². The van der Waals surface area contributed by atoms with Crippen molar-refractivity contribution in [3.63, 3.8) is 0 Å². The number of nitrogens with zero attached hydrogens (tertiary/aromatic N) is 2. The number of halogens is 1. The zero-order chi connectivity index (χ0) is 22.5. The van der Waals surface area contributed by atoms with Crippen LogP contribution in [0, 0.1) is 46.3 Å². The minimum atomic E-state index is -0.0129. The molecule has 1 aliphatic heterocycles. The lowest BCUT2D eigenvalue weighted by atomic mass is 9.44. The lowest BCUT2D eigenvalue weighted by Crippen LogP contribution is -2.54. The Morgan fingerprint density at radius 3 is 2.33 bits per heavy atom. The van der Waals surface area contributed by atoms with E-state index in [1.165, 1.54) is 90.5 Å². The molecule has 4 aliphatic carbocycles. The smallest absolute Gasteiger partial charge is 0.0543 e. The number of rotatable bonds is 5. The average Bonchev–Trinajstić information content (AvgIpc) is 3.13. The molecule has 4 saturated carbocycles. The highest BCUT2D eigenvalue weighted by molar-refractivity contribution is 5.85. The van der Waals surface area contributed by atoms with Crippen molar-refractivity contribution in [2.45, 2.75) is 97.5 Å². The fraction of sp³-hybridized carbons (Fsp3) is 1.00. The minimum absolute atomic E-state index is 0. The zero-order valence-electron chi connectivity index (χ0n) is 22.1. The maximum atomic E-state index is 10.3. The van der Waals surface area contributed by atoms with Gasteiger partial charge in [-0.1, -0.05) is 20.8 Å². The Hall–Kier alpha value is 0.170. The second-order valence-corrected chi connectivity index (χ2v) is 13.6. The predicted octanol–water partition coefficient (Wildman–Crippen LogP) is 6.09. The number of aliphatic hydroxyl groups excluding tert-OH is 1. The van der Waals surface area contributed by atoms with Gasteiger partial charge in [-0.2, -0.15) is 0 Å². The fourth-order valence-electron chi connectivity index (χ4n) is 10.1. The predicted molar refractivity (Wildman–Crippen MR) is 141 cm³/mol. The number of hydrogen-bond donors (Lipinski definition) is 1. The van der Waals surface area contributed by atoms with Crippen LogP contribution in [0.25, 0.3) is 0 Å². The Kier molecular flexibility index (Phi) is 8.16. The summed E-state index contributed by atoms with van der Waals surface area (Å²) in [6, 6.07) is 0. The third-order valence-corrected chi connectivity index (χ3v) is 12.1. The molecular formula is C29H53ClN2O. The average molecular weight is 481 g/mol. The van der Waals surface area contributed by atoms with E-state index in [-0.39, 0.29) is 18.5 Å². The molecule has 3 nitrogen and oxygen atoms in total. The molecule has 0 aromatic carbocycles. The summed E-state index contributed by atoms with van der Waals surface area (Å²) in [5.41, 5.74) is 1.13. The van der Waals surface area contributed by atoms with Gasteiger partial charge in [0.15, 0.2) is 0 Å². The summed E-state index contributed by atoms with van der Waals surface area (Å²) >= 11 is 0. The second-order valence-electron chi connectivity index (χ2n) is 13.6. The first kappa shape index (κ1) is 26.2. The van der Waals surface area contributed by atoms with E-state index < -0.39 is 0 Å². The summed E-state index contributed by atoms with van der Waals surface area (Å²) < 4.78 is 0. The Morgan fingerprint density at radius 1 is 0.879 bits per heavy atom. The molecule has 5 rings (SSSR count). The highest BCUT2D eigenvalue weighted by atomic mass is 35.5. The van der Waals surface area contributed by atoms with Gasteiger partial charge in [0.05, 0.1) is 6.10 Å². The van der Waals surface area contributed by atoms with Crippen molar-refractivity contribution in [3.05, 3.63) is 0 Å². The van der Waals surface area contributed by atoms with Crippen molar-refractivity contribution < 1.29 is 5.11 Å². The summed E-state index contributed by atoms with van der Waals surface area (Å²) in [5.74, 6) is 5.55. The van der Waals surface area contributed by atoms with Crippen molar-refractivity contribution in [2.24, 2.45) is 46.3 Å². The highest BCUT2D eigenvalue weighted by Crippen LogP contribution is 2.68.